The lowest BCUT2D eigenvalue weighted by Crippen LogP contribution is -2.18. The summed E-state index contributed by atoms with van der Waals surface area (Å²) < 4.78 is 4.25. The predicted octanol–water partition coefficient (Wildman–Crippen LogP) is 3.19. The number of aliphatic hydroxyl groups excluding tert-OH is 1. The van der Waals surface area contributed by atoms with E-state index in [9.17, 15) is 0 Å². The zero-order chi connectivity index (χ0) is 16.0. The summed E-state index contributed by atoms with van der Waals surface area (Å²) in [6.45, 7) is 5.60. The maximum atomic E-state index is 7.33. The van der Waals surface area contributed by atoms with Crippen LogP contribution in [0.5, 0.6) is 0 Å². The van der Waals surface area contributed by atoms with Crippen LogP contribution in [0, 0.1) is 0 Å². The molecule has 1 aromatic rings. The van der Waals surface area contributed by atoms with Crippen molar-refractivity contribution in [3.8, 4) is 0 Å². The molecular formula is C14H26N4O2. The normalized spacial score (nSPS) is 12.6. The molecule has 0 spiro atoms. The van der Waals surface area contributed by atoms with Gasteiger partial charge in [-0.05, 0) is 17.2 Å². The first-order valence-corrected chi connectivity index (χ1v) is 6.15. The molecule has 1 aliphatic heterocycles. The van der Waals surface area contributed by atoms with Crippen molar-refractivity contribution in [2.45, 2.75) is 19.3 Å². The van der Waals surface area contributed by atoms with Crippen LogP contribution >= 0.6 is 0 Å². The number of hydrogen-bond acceptors (Lipinski definition) is 4. The van der Waals surface area contributed by atoms with Crippen molar-refractivity contribution in [1.82, 2.24) is 0 Å². The fourth-order valence-corrected chi connectivity index (χ4v) is 1.64. The molecule has 0 radical (unpaired) electrons. The average molecular weight is 282 g/mol. The Balaban J connectivity index is 0. The van der Waals surface area contributed by atoms with E-state index >= 15 is 0 Å². The lowest BCUT2D eigenvalue weighted by atomic mass is 9.87. The molecule has 0 bridgehead atoms. The highest BCUT2D eigenvalue weighted by molar-refractivity contribution is 5.59. The van der Waals surface area contributed by atoms with Gasteiger partial charge in [0.25, 0.3) is 0 Å². The topological polar surface area (TPSA) is 90.3 Å². The van der Waals surface area contributed by atoms with Crippen LogP contribution in [0.15, 0.2) is 29.4 Å². The van der Waals surface area contributed by atoms with Crippen molar-refractivity contribution in [2.75, 3.05) is 40.2 Å². The van der Waals surface area contributed by atoms with E-state index in [2.05, 4.69) is 58.2 Å². The molecule has 0 aliphatic carbocycles. The first-order chi connectivity index (χ1) is 9.53. The lowest BCUT2D eigenvalue weighted by molar-refractivity contribution is 0.277. The van der Waals surface area contributed by atoms with Gasteiger partial charge in [-0.3, -0.25) is 0 Å². The van der Waals surface area contributed by atoms with Gasteiger partial charge < -0.3 is 15.2 Å². The molecular weight excluding hydrogens is 256 g/mol. The molecule has 0 fully saturated rings. The zero-order valence-electron chi connectivity index (χ0n) is 13.2. The number of aliphatic hydroxyl groups is 1. The van der Waals surface area contributed by atoms with E-state index in [0.29, 0.717) is 5.41 Å². The Labute approximate surface area is 121 Å². The molecule has 114 valence electrons. The molecule has 0 amide bonds. The van der Waals surface area contributed by atoms with Crippen molar-refractivity contribution in [2.24, 2.45) is 5.11 Å². The number of rotatable bonds is 0. The highest BCUT2D eigenvalue weighted by Gasteiger charge is 2.28. The van der Waals surface area contributed by atoms with Crippen LogP contribution in [-0.2, 0) is 10.2 Å². The Bertz CT molecular complexity index is 402. The standard InChI is InChI=1S/C10H13N.C2H6O.CH3N3.CH4O/c1-10(2)7-11-9-6-4-3-5-8(9)10;1-3-2;1-3-4-2;1-2/h3-6,11H,7H2,1-2H3;1-2H3;1H3;2H,1H3. The molecule has 0 unspecified atom stereocenters. The van der Waals surface area contributed by atoms with E-state index in [4.69, 9.17) is 10.6 Å². The molecule has 0 atom stereocenters. The van der Waals surface area contributed by atoms with Gasteiger partial charge in [0.2, 0.25) is 0 Å². The van der Waals surface area contributed by atoms with Gasteiger partial charge in [0.05, 0.1) is 0 Å². The van der Waals surface area contributed by atoms with Crippen molar-refractivity contribution in [3.05, 3.63) is 40.3 Å². The minimum atomic E-state index is 0.316. The number of methoxy groups -OCH3 is 1. The molecule has 0 aromatic heterocycles. The highest BCUT2D eigenvalue weighted by Crippen LogP contribution is 2.35. The van der Waals surface area contributed by atoms with Crippen molar-refractivity contribution in [1.29, 1.82) is 0 Å². The number of nitrogens with zero attached hydrogens (tertiary/aromatic N) is 3. The van der Waals surface area contributed by atoms with E-state index in [1.807, 2.05) is 0 Å². The number of anilines is 1. The summed E-state index contributed by atoms with van der Waals surface area (Å²) in [5, 5.41) is 13.3. The van der Waals surface area contributed by atoms with Crippen LogP contribution in [0.25, 0.3) is 10.4 Å². The molecule has 6 heteroatoms. The van der Waals surface area contributed by atoms with Gasteiger partial charge in [-0.25, -0.2) is 0 Å². The van der Waals surface area contributed by atoms with Gasteiger partial charge in [0.15, 0.2) is 0 Å². The Kier molecular flexibility index (Phi) is 12.6. The van der Waals surface area contributed by atoms with Gasteiger partial charge in [-0.1, -0.05) is 37.2 Å². The number of para-hydroxylation sites is 1. The first-order valence-electron chi connectivity index (χ1n) is 6.15. The molecule has 1 aromatic carbocycles. The van der Waals surface area contributed by atoms with Crippen LogP contribution in [0.2, 0.25) is 0 Å². The molecule has 20 heavy (non-hydrogen) atoms. The van der Waals surface area contributed by atoms with E-state index < -0.39 is 0 Å². The quantitative estimate of drug-likeness (QED) is 0.435. The summed E-state index contributed by atoms with van der Waals surface area (Å²) in [6.07, 6.45) is 0. The Hall–Kier alpha value is -1.75. The Morgan fingerprint density at radius 1 is 1.30 bits per heavy atom. The zero-order valence-corrected chi connectivity index (χ0v) is 13.2. The number of ether oxygens (including phenoxy) is 1. The molecule has 6 nitrogen and oxygen atoms in total. The van der Waals surface area contributed by atoms with Crippen molar-refractivity contribution in [3.63, 3.8) is 0 Å². The van der Waals surface area contributed by atoms with E-state index in [1.165, 1.54) is 18.3 Å². The van der Waals surface area contributed by atoms with Crippen LogP contribution in [0.4, 0.5) is 5.69 Å². The highest BCUT2D eigenvalue weighted by atomic mass is 16.4. The summed E-state index contributed by atoms with van der Waals surface area (Å²) in [7, 11) is 5.64. The van der Waals surface area contributed by atoms with Gasteiger partial charge in [0.1, 0.15) is 0 Å². The number of hydrogen-bond donors (Lipinski definition) is 2. The first kappa shape index (κ1) is 20.6. The summed E-state index contributed by atoms with van der Waals surface area (Å²) in [6, 6.07) is 8.53. The molecule has 2 N–H and O–H groups in total. The average Bonchev–Trinajstić information content (AvgIpc) is 2.79. The number of fused-ring (bicyclic) bond motifs is 1. The van der Waals surface area contributed by atoms with Crippen LogP contribution in [0.1, 0.15) is 19.4 Å². The van der Waals surface area contributed by atoms with Gasteiger partial charge in [-0.2, -0.15) is 0 Å². The van der Waals surface area contributed by atoms with E-state index in [-0.39, 0.29) is 0 Å². The number of azide groups is 1. The van der Waals surface area contributed by atoms with Crippen LogP contribution < -0.4 is 5.32 Å². The molecule has 0 saturated heterocycles. The molecule has 2 rings (SSSR count). The fraction of sp³-hybridized carbons (Fsp3) is 0.571. The SMILES string of the molecule is CC1(C)CNc2ccccc21.CN=[N+]=[N-].CO.COC. The maximum Gasteiger partial charge on any atom is 0.0379 e. The minimum Gasteiger partial charge on any atom is -0.400 e. The Morgan fingerprint density at radius 3 is 2.15 bits per heavy atom. The second kappa shape index (κ2) is 12.3. The molecule has 0 saturated carbocycles. The summed E-state index contributed by atoms with van der Waals surface area (Å²) in [5.41, 5.74) is 10.4. The summed E-state index contributed by atoms with van der Waals surface area (Å²) in [4.78, 5) is 2.36. The minimum absolute atomic E-state index is 0.316. The lowest BCUT2D eigenvalue weighted by Gasteiger charge is -2.16. The van der Waals surface area contributed by atoms with Gasteiger partial charge in [0, 0.05) is 50.9 Å². The largest absolute Gasteiger partial charge is 0.400 e. The van der Waals surface area contributed by atoms with Gasteiger partial charge in [-0.15, -0.1) is 0 Å². The second-order valence-corrected chi connectivity index (χ2v) is 4.48. The number of nitrogens with one attached hydrogen (secondary N) is 1. The van der Waals surface area contributed by atoms with Crippen LogP contribution in [-0.4, -0.2) is 40.0 Å². The third-order valence-corrected chi connectivity index (χ3v) is 2.47. The van der Waals surface area contributed by atoms with Crippen molar-refractivity contribution < 1.29 is 9.84 Å². The number of benzene rings is 1. The van der Waals surface area contributed by atoms with E-state index in [0.717, 1.165) is 13.7 Å². The monoisotopic (exact) mass is 282 g/mol. The fourth-order valence-electron chi connectivity index (χ4n) is 1.64. The summed E-state index contributed by atoms with van der Waals surface area (Å²) >= 11 is 0. The van der Waals surface area contributed by atoms with Gasteiger partial charge >= 0.3 is 0 Å². The third kappa shape index (κ3) is 7.63. The molecule has 1 heterocycles. The molecule has 1 aliphatic rings. The van der Waals surface area contributed by atoms with Crippen molar-refractivity contribution >= 4 is 5.69 Å². The van der Waals surface area contributed by atoms with Crippen LogP contribution in [0.3, 0.4) is 0 Å². The third-order valence-electron chi connectivity index (χ3n) is 2.47. The Morgan fingerprint density at radius 2 is 1.75 bits per heavy atom. The predicted molar refractivity (Wildman–Crippen MR) is 84.1 cm³/mol. The smallest absolute Gasteiger partial charge is 0.0379 e. The summed E-state index contributed by atoms with van der Waals surface area (Å²) in [5.74, 6) is 0. The maximum absolute atomic E-state index is 7.33. The second-order valence-electron chi connectivity index (χ2n) is 4.48. The van der Waals surface area contributed by atoms with E-state index in [1.54, 1.807) is 14.2 Å².